The molecule has 0 unspecified atom stereocenters. The molecular weight excluding hydrogens is 158 g/mol. The molecule has 0 radical (unpaired) electrons. The molecule has 5 nitrogen and oxygen atoms in total. The van der Waals surface area contributed by atoms with Crippen LogP contribution in [0, 0.1) is 5.92 Å². The van der Waals surface area contributed by atoms with Gasteiger partial charge in [-0.25, -0.2) is 10.3 Å². The van der Waals surface area contributed by atoms with Crippen molar-refractivity contribution in [3.05, 3.63) is 16.0 Å². The number of hydrogen-bond donors (Lipinski definition) is 2. The second-order valence-corrected chi connectivity index (χ2v) is 2.92. The topological polar surface area (TPSA) is 78.6 Å². The lowest BCUT2D eigenvalue weighted by molar-refractivity contribution is -0.121. The molecular formula is C7H11N3O2. The first-order valence-corrected chi connectivity index (χ1v) is 3.76. The quantitative estimate of drug-likeness (QED) is 0.661. The smallest absolute Gasteiger partial charge is 0.287 e. The van der Waals surface area contributed by atoms with Crippen molar-refractivity contribution in [1.82, 2.24) is 15.4 Å². The van der Waals surface area contributed by atoms with Gasteiger partial charge in [-0.15, -0.1) is 0 Å². The van der Waals surface area contributed by atoms with Crippen molar-refractivity contribution in [2.75, 3.05) is 0 Å². The second kappa shape index (κ2) is 3.34. The number of aromatic amines is 2. The fourth-order valence-corrected chi connectivity index (χ4v) is 0.758. The molecule has 1 rings (SSSR count). The zero-order valence-corrected chi connectivity index (χ0v) is 7.05. The SMILES string of the molecule is CC(C)C(=O)Cc1n[nH][nH]c1=O. The molecule has 0 bridgehead atoms. The molecule has 1 aromatic rings. The van der Waals surface area contributed by atoms with Gasteiger partial charge < -0.3 is 0 Å². The van der Waals surface area contributed by atoms with Crippen LogP contribution in [0.15, 0.2) is 4.79 Å². The summed E-state index contributed by atoms with van der Waals surface area (Å²) in [5.74, 6) is -0.0336. The highest BCUT2D eigenvalue weighted by molar-refractivity contribution is 5.82. The normalized spacial score (nSPS) is 10.6. The molecule has 0 amide bonds. The molecule has 0 fully saturated rings. The number of ketones is 1. The summed E-state index contributed by atoms with van der Waals surface area (Å²) in [6.45, 7) is 3.59. The van der Waals surface area contributed by atoms with E-state index in [1.54, 1.807) is 13.8 Å². The summed E-state index contributed by atoms with van der Waals surface area (Å²) in [5, 5.41) is 8.20. The van der Waals surface area contributed by atoms with Gasteiger partial charge in [0.05, 0.1) is 6.42 Å². The Morgan fingerprint density at radius 3 is 2.67 bits per heavy atom. The Hall–Kier alpha value is -1.39. The first-order valence-electron chi connectivity index (χ1n) is 3.76. The molecule has 0 aromatic carbocycles. The maximum atomic E-state index is 11.2. The fourth-order valence-electron chi connectivity index (χ4n) is 0.758. The van der Waals surface area contributed by atoms with Gasteiger partial charge in [0.25, 0.3) is 5.56 Å². The van der Waals surface area contributed by atoms with Crippen LogP contribution >= 0.6 is 0 Å². The van der Waals surface area contributed by atoms with Crippen LogP contribution in [0.25, 0.3) is 0 Å². The molecule has 0 spiro atoms. The Labute approximate surface area is 69.2 Å². The van der Waals surface area contributed by atoms with Gasteiger partial charge in [0, 0.05) is 5.92 Å². The lowest BCUT2D eigenvalue weighted by atomic mass is 10.1. The monoisotopic (exact) mass is 169 g/mol. The Kier molecular flexibility index (Phi) is 2.42. The molecule has 0 aliphatic carbocycles. The van der Waals surface area contributed by atoms with Crippen LogP contribution in [0.2, 0.25) is 0 Å². The maximum Gasteiger partial charge on any atom is 0.287 e. The highest BCUT2D eigenvalue weighted by Crippen LogP contribution is 1.98. The molecule has 1 heterocycles. The fraction of sp³-hybridized carbons (Fsp3) is 0.571. The summed E-state index contributed by atoms with van der Waals surface area (Å²) in [4.78, 5) is 22.0. The molecule has 0 atom stereocenters. The Balaban J connectivity index is 2.71. The molecule has 0 aliphatic rings. The molecule has 0 aliphatic heterocycles. The van der Waals surface area contributed by atoms with Crippen molar-refractivity contribution in [2.45, 2.75) is 20.3 Å². The van der Waals surface area contributed by atoms with E-state index in [1.807, 2.05) is 0 Å². The lowest BCUT2D eigenvalue weighted by Crippen LogP contribution is -2.16. The van der Waals surface area contributed by atoms with Crippen LogP contribution in [0.1, 0.15) is 19.5 Å². The molecule has 2 N–H and O–H groups in total. The van der Waals surface area contributed by atoms with Crippen LogP contribution in [0.3, 0.4) is 0 Å². The molecule has 0 saturated heterocycles. The molecule has 5 heteroatoms. The van der Waals surface area contributed by atoms with E-state index in [2.05, 4.69) is 15.4 Å². The largest absolute Gasteiger partial charge is 0.299 e. The van der Waals surface area contributed by atoms with E-state index in [0.29, 0.717) is 0 Å². The standard InChI is InChI=1S/C7H11N3O2/c1-4(2)6(11)3-5-7(12)9-10-8-5/h4H,3H2,1-2H3,(H2,8,9,10,12). The van der Waals surface area contributed by atoms with Crippen molar-refractivity contribution in [2.24, 2.45) is 5.92 Å². The predicted molar refractivity (Wildman–Crippen MR) is 42.8 cm³/mol. The van der Waals surface area contributed by atoms with Crippen LogP contribution in [-0.4, -0.2) is 21.2 Å². The highest BCUT2D eigenvalue weighted by Gasteiger charge is 2.12. The zero-order chi connectivity index (χ0) is 9.14. The van der Waals surface area contributed by atoms with Crippen LogP contribution in [0.5, 0.6) is 0 Å². The number of carbonyl (C=O) groups excluding carboxylic acids is 1. The van der Waals surface area contributed by atoms with E-state index < -0.39 is 0 Å². The number of aromatic nitrogens is 3. The van der Waals surface area contributed by atoms with E-state index >= 15 is 0 Å². The van der Waals surface area contributed by atoms with Gasteiger partial charge in [0.1, 0.15) is 11.5 Å². The highest BCUT2D eigenvalue weighted by atomic mass is 16.1. The average molecular weight is 169 g/mol. The molecule has 1 aromatic heterocycles. The van der Waals surface area contributed by atoms with Gasteiger partial charge >= 0.3 is 0 Å². The van der Waals surface area contributed by atoms with E-state index in [9.17, 15) is 9.59 Å². The van der Waals surface area contributed by atoms with Crippen molar-refractivity contribution >= 4 is 5.78 Å². The van der Waals surface area contributed by atoms with Gasteiger partial charge in [-0.2, -0.15) is 5.10 Å². The van der Waals surface area contributed by atoms with Gasteiger partial charge in [-0.1, -0.05) is 13.8 Å². The maximum absolute atomic E-state index is 11.2. The van der Waals surface area contributed by atoms with E-state index in [-0.39, 0.29) is 29.4 Å². The molecule has 12 heavy (non-hydrogen) atoms. The van der Waals surface area contributed by atoms with Gasteiger partial charge in [-0.3, -0.25) is 9.59 Å². The first kappa shape index (κ1) is 8.70. The number of H-pyrrole nitrogens is 2. The number of hydrogen-bond acceptors (Lipinski definition) is 3. The molecule has 0 saturated carbocycles. The number of nitrogens with one attached hydrogen (secondary N) is 2. The van der Waals surface area contributed by atoms with Crippen LogP contribution in [-0.2, 0) is 11.2 Å². The number of nitrogens with zero attached hydrogens (tertiary/aromatic N) is 1. The summed E-state index contributed by atoms with van der Waals surface area (Å²) in [6.07, 6.45) is 0.108. The van der Waals surface area contributed by atoms with Gasteiger partial charge in [-0.05, 0) is 0 Å². The van der Waals surface area contributed by atoms with Crippen molar-refractivity contribution < 1.29 is 4.79 Å². The third-order valence-electron chi connectivity index (χ3n) is 1.61. The third-order valence-corrected chi connectivity index (χ3v) is 1.61. The minimum Gasteiger partial charge on any atom is -0.299 e. The number of carbonyl (C=O) groups is 1. The number of rotatable bonds is 3. The summed E-state index contributed by atoms with van der Waals surface area (Å²) < 4.78 is 0. The van der Waals surface area contributed by atoms with E-state index in [1.165, 1.54) is 0 Å². The van der Waals surface area contributed by atoms with Crippen molar-refractivity contribution in [3.63, 3.8) is 0 Å². The van der Waals surface area contributed by atoms with Crippen LogP contribution < -0.4 is 5.56 Å². The summed E-state index contributed by atoms with van der Waals surface area (Å²) >= 11 is 0. The summed E-state index contributed by atoms with van der Waals surface area (Å²) in [6, 6.07) is 0. The second-order valence-electron chi connectivity index (χ2n) is 2.92. The minimum absolute atomic E-state index is 0.0209. The minimum atomic E-state index is -0.316. The third kappa shape index (κ3) is 1.81. The Morgan fingerprint density at radius 2 is 2.25 bits per heavy atom. The van der Waals surface area contributed by atoms with Crippen molar-refractivity contribution in [3.8, 4) is 0 Å². The van der Waals surface area contributed by atoms with E-state index in [4.69, 9.17) is 0 Å². The lowest BCUT2D eigenvalue weighted by Gasteiger charge is -1.98. The number of Topliss-reactive ketones (excluding diaryl/α,β-unsaturated/α-hetero) is 1. The molecule has 66 valence electrons. The van der Waals surface area contributed by atoms with E-state index in [0.717, 1.165) is 0 Å². The van der Waals surface area contributed by atoms with Gasteiger partial charge in [0.2, 0.25) is 0 Å². The summed E-state index contributed by atoms with van der Waals surface area (Å²) in [5.41, 5.74) is -0.0577. The predicted octanol–water partition coefficient (Wildman–Crippen LogP) is -0.134. The van der Waals surface area contributed by atoms with Crippen LogP contribution in [0.4, 0.5) is 0 Å². The Morgan fingerprint density at radius 1 is 1.58 bits per heavy atom. The van der Waals surface area contributed by atoms with Gasteiger partial charge in [0.15, 0.2) is 0 Å². The Bertz CT molecular complexity index is 323. The average Bonchev–Trinajstić information content (AvgIpc) is 2.36. The zero-order valence-electron chi connectivity index (χ0n) is 7.05. The van der Waals surface area contributed by atoms with Crippen molar-refractivity contribution in [1.29, 1.82) is 0 Å². The first-order chi connectivity index (χ1) is 5.61. The summed E-state index contributed by atoms with van der Waals surface area (Å²) in [7, 11) is 0.